The van der Waals surface area contributed by atoms with Crippen molar-refractivity contribution in [1.82, 2.24) is 15.0 Å². The van der Waals surface area contributed by atoms with E-state index in [0.29, 0.717) is 12.8 Å². The molecule has 1 aliphatic carbocycles. The van der Waals surface area contributed by atoms with Crippen molar-refractivity contribution in [2.45, 2.75) is 68.3 Å². The van der Waals surface area contributed by atoms with Crippen LogP contribution in [0.3, 0.4) is 0 Å². The van der Waals surface area contributed by atoms with Crippen LogP contribution in [0, 0.1) is 23.3 Å². The lowest BCUT2D eigenvalue weighted by molar-refractivity contribution is -0.211. The Morgan fingerprint density at radius 2 is 1.81 bits per heavy atom. The summed E-state index contributed by atoms with van der Waals surface area (Å²) in [5.74, 6) is -5.77. The van der Waals surface area contributed by atoms with Crippen molar-refractivity contribution >= 4 is 27.5 Å². The normalized spacial score (nSPS) is 27.7. The maximum Gasteiger partial charge on any atom is 0.259 e. The fraction of sp³-hybridized carbons (Fsp3) is 0.464. The standard InChI is InChI=1S/C28H29BrF4N4O6/c1-42-26-24(36-11-19(34-35-36)13-8-17(31)23(33)18(32)9-13)25(40)22(12-38)43-27(26)28(41)37(20-4-2-3-5-21(20)39)14-6-7-16(30)15(29)10-14/h6-11,20-22,24-27,38-40H,2-5,12H2,1H3/t20-,21-,22?,24?,25?,26?,27?/m0/s1. The molecular formula is C28H29BrF4N4O6. The van der Waals surface area contributed by atoms with E-state index in [9.17, 15) is 37.7 Å². The molecule has 15 heteroatoms. The van der Waals surface area contributed by atoms with Crippen LogP contribution in [-0.2, 0) is 14.3 Å². The van der Waals surface area contributed by atoms with Crippen molar-refractivity contribution in [1.29, 1.82) is 0 Å². The minimum absolute atomic E-state index is 0.0714. The molecular weight excluding hydrogens is 644 g/mol. The third kappa shape index (κ3) is 6.06. The number of carbonyl (C=O) groups excluding carboxylic acids is 1. The first-order valence-corrected chi connectivity index (χ1v) is 14.3. The highest BCUT2D eigenvalue weighted by atomic mass is 79.9. The summed E-state index contributed by atoms with van der Waals surface area (Å²) in [5, 5.41) is 40.0. The van der Waals surface area contributed by atoms with Gasteiger partial charge in [0.15, 0.2) is 23.6 Å². The summed E-state index contributed by atoms with van der Waals surface area (Å²) in [5.41, 5.74) is 0.0658. The van der Waals surface area contributed by atoms with Gasteiger partial charge in [0.2, 0.25) is 0 Å². The van der Waals surface area contributed by atoms with Crippen LogP contribution in [-0.4, -0.2) is 86.5 Å². The first kappa shape index (κ1) is 31.5. The molecule has 1 saturated heterocycles. The minimum atomic E-state index is -1.65. The van der Waals surface area contributed by atoms with Crippen LogP contribution in [0.5, 0.6) is 0 Å². The van der Waals surface area contributed by atoms with Gasteiger partial charge in [0.05, 0.1) is 29.4 Å². The van der Waals surface area contributed by atoms with E-state index in [4.69, 9.17) is 9.47 Å². The summed E-state index contributed by atoms with van der Waals surface area (Å²) in [6.45, 7) is -0.706. The Hall–Kier alpha value is -2.95. The third-order valence-electron chi connectivity index (χ3n) is 7.92. The zero-order valence-electron chi connectivity index (χ0n) is 22.8. The van der Waals surface area contributed by atoms with Gasteiger partial charge in [0.1, 0.15) is 35.9 Å². The maximum atomic E-state index is 14.4. The van der Waals surface area contributed by atoms with E-state index >= 15 is 0 Å². The van der Waals surface area contributed by atoms with E-state index in [-0.39, 0.29) is 21.4 Å². The van der Waals surface area contributed by atoms with Crippen LogP contribution in [0.4, 0.5) is 23.2 Å². The Morgan fingerprint density at radius 3 is 2.44 bits per heavy atom. The Labute approximate surface area is 251 Å². The number of rotatable bonds is 7. The fourth-order valence-corrected chi connectivity index (χ4v) is 6.13. The second-order valence-corrected chi connectivity index (χ2v) is 11.4. The molecule has 232 valence electrons. The SMILES string of the molecule is COC1C(C(=O)N(c2ccc(F)c(Br)c2)[C@H]2CCCC[C@@H]2O)OC(CO)C(O)C1n1cc(-c2cc(F)c(F)c(F)c2)nn1. The van der Waals surface area contributed by atoms with Gasteiger partial charge in [-0.1, -0.05) is 18.1 Å². The number of anilines is 1. The number of aliphatic hydroxyl groups excluding tert-OH is 3. The van der Waals surface area contributed by atoms with Crippen LogP contribution in [0.15, 0.2) is 41.0 Å². The molecule has 2 aromatic carbocycles. The second-order valence-electron chi connectivity index (χ2n) is 10.5. The number of aromatic nitrogens is 3. The molecule has 2 heterocycles. The van der Waals surface area contributed by atoms with Crippen LogP contribution < -0.4 is 4.90 Å². The second kappa shape index (κ2) is 13.0. The Balaban J connectivity index is 1.54. The number of amides is 1. The molecule has 1 aliphatic heterocycles. The number of benzene rings is 2. The van der Waals surface area contributed by atoms with Gasteiger partial charge in [0.25, 0.3) is 5.91 Å². The summed E-state index contributed by atoms with van der Waals surface area (Å²) in [7, 11) is 1.27. The molecule has 43 heavy (non-hydrogen) atoms. The molecule has 0 spiro atoms. The Bertz CT molecular complexity index is 1460. The van der Waals surface area contributed by atoms with Gasteiger partial charge in [-0.05, 0) is 59.1 Å². The number of carbonyl (C=O) groups is 1. The molecule has 5 rings (SSSR count). The highest BCUT2D eigenvalue weighted by Crippen LogP contribution is 2.37. The Kier molecular flexibility index (Phi) is 9.49. The van der Waals surface area contributed by atoms with E-state index in [2.05, 4.69) is 26.2 Å². The van der Waals surface area contributed by atoms with Gasteiger partial charge in [-0.2, -0.15) is 0 Å². The quantitative estimate of drug-likeness (QED) is 0.258. The highest BCUT2D eigenvalue weighted by Gasteiger charge is 2.52. The van der Waals surface area contributed by atoms with Gasteiger partial charge in [0, 0.05) is 18.4 Å². The van der Waals surface area contributed by atoms with E-state index in [0.717, 1.165) is 29.7 Å². The van der Waals surface area contributed by atoms with Gasteiger partial charge in [-0.3, -0.25) is 4.79 Å². The molecule has 3 aromatic rings. The summed E-state index contributed by atoms with van der Waals surface area (Å²) in [6.07, 6.45) is -2.84. The number of ether oxygens (including phenoxy) is 2. The zero-order chi connectivity index (χ0) is 31.0. The van der Waals surface area contributed by atoms with Crippen molar-refractivity contribution in [2.24, 2.45) is 0 Å². The predicted molar refractivity (Wildman–Crippen MR) is 147 cm³/mol. The number of aliphatic hydroxyl groups is 3. The first-order valence-electron chi connectivity index (χ1n) is 13.6. The summed E-state index contributed by atoms with van der Waals surface area (Å²) in [4.78, 5) is 15.7. The van der Waals surface area contributed by atoms with E-state index in [1.54, 1.807) is 0 Å². The van der Waals surface area contributed by atoms with Gasteiger partial charge < -0.3 is 29.7 Å². The van der Waals surface area contributed by atoms with E-state index in [1.165, 1.54) is 36.4 Å². The van der Waals surface area contributed by atoms with Crippen LogP contribution in [0.1, 0.15) is 31.7 Å². The molecule has 0 radical (unpaired) electrons. The summed E-state index contributed by atoms with van der Waals surface area (Å²) >= 11 is 3.14. The molecule has 10 nitrogen and oxygen atoms in total. The van der Waals surface area contributed by atoms with Crippen molar-refractivity contribution in [2.75, 3.05) is 18.6 Å². The topological polar surface area (TPSA) is 130 Å². The molecule has 1 saturated carbocycles. The minimum Gasteiger partial charge on any atom is -0.394 e. The largest absolute Gasteiger partial charge is 0.394 e. The van der Waals surface area contributed by atoms with Crippen molar-refractivity contribution in [3.05, 3.63) is 64.3 Å². The zero-order valence-corrected chi connectivity index (χ0v) is 24.4. The van der Waals surface area contributed by atoms with Crippen molar-refractivity contribution in [3.63, 3.8) is 0 Å². The lowest BCUT2D eigenvalue weighted by Crippen LogP contribution is -2.63. The van der Waals surface area contributed by atoms with Crippen molar-refractivity contribution in [3.8, 4) is 11.3 Å². The molecule has 5 unspecified atom stereocenters. The number of hydrogen-bond acceptors (Lipinski definition) is 8. The first-order chi connectivity index (χ1) is 20.5. The van der Waals surface area contributed by atoms with Crippen LogP contribution in [0.25, 0.3) is 11.3 Å². The number of halogens is 5. The molecule has 0 bridgehead atoms. The lowest BCUT2D eigenvalue weighted by Gasteiger charge is -2.46. The van der Waals surface area contributed by atoms with Crippen LogP contribution >= 0.6 is 15.9 Å². The smallest absolute Gasteiger partial charge is 0.259 e. The molecule has 1 amide bonds. The average molecular weight is 673 g/mol. The van der Waals surface area contributed by atoms with Crippen molar-refractivity contribution < 1.29 is 47.1 Å². The number of nitrogens with zero attached hydrogens (tertiary/aromatic N) is 4. The molecule has 2 aliphatic rings. The molecule has 1 aromatic heterocycles. The highest BCUT2D eigenvalue weighted by molar-refractivity contribution is 9.10. The van der Waals surface area contributed by atoms with Gasteiger partial charge >= 0.3 is 0 Å². The Morgan fingerprint density at radius 1 is 1.12 bits per heavy atom. The van der Waals surface area contributed by atoms with Gasteiger partial charge in [-0.25, -0.2) is 22.2 Å². The number of hydrogen-bond donors (Lipinski definition) is 3. The monoisotopic (exact) mass is 672 g/mol. The molecule has 2 fully saturated rings. The molecule has 7 atom stereocenters. The predicted octanol–water partition coefficient (Wildman–Crippen LogP) is 3.28. The third-order valence-corrected chi connectivity index (χ3v) is 8.53. The van der Waals surface area contributed by atoms with E-state index < -0.39 is 78.4 Å². The summed E-state index contributed by atoms with van der Waals surface area (Å²) < 4.78 is 68.2. The fourth-order valence-electron chi connectivity index (χ4n) is 5.76. The maximum absolute atomic E-state index is 14.4. The molecule has 3 N–H and O–H groups in total. The van der Waals surface area contributed by atoms with Gasteiger partial charge in [-0.15, -0.1) is 5.10 Å². The summed E-state index contributed by atoms with van der Waals surface area (Å²) in [6, 6.07) is 3.53. The number of methoxy groups -OCH3 is 1. The lowest BCUT2D eigenvalue weighted by atomic mass is 9.88. The van der Waals surface area contributed by atoms with Crippen LogP contribution in [0.2, 0.25) is 0 Å². The average Bonchev–Trinajstić information content (AvgIpc) is 3.48. The van der Waals surface area contributed by atoms with E-state index in [1.807, 2.05) is 0 Å².